The van der Waals surface area contributed by atoms with Crippen molar-refractivity contribution >= 4 is 41.7 Å². The van der Waals surface area contributed by atoms with Gasteiger partial charge >= 0.3 is 0 Å². The highest BCUT2D eigenvalue weighted by molar-refractivity contribution is 14.0. The minimum absolute atomic E-state index is 0. The van der Waals surface area contributed by atoms with E-state index in [9.17, 15) is 0 Å². The summed E-state index contributed by atoms with van der Waals surface area (Å²) in [7, 11) is 2.12. The van der Waals surface area contributed by atoms with Crippen LogP contribution in [0.4, 0.5) is 0 Å². The van der Waals surface area contributed by atoms with Crippen LogP contribution >= 0.6 is 35.7 Å². The maximum absolute atomic E-state index is 5.42. The second-order valence-corrected chi connectivity index (χ2v) is 5.68. The Morgan fingerprint density at radius 3 is 2.89 bits per heavy atom. The Morgan fingerprint density at radius 1 is 1.53 bits per heavy atom. The number of hydrogen-bond donors (Lipinski definition) is 1. The first-order chi connectivity index (χ1) is 8.77. The summed E-state index contributed by atoms with van der Waals surface area (Å²) < 4.78 is 5.42. The second-order valence-electron chi connectivity index (χ2n) is 4.69. The number of halogens is 1. The van der Waals surface area contributed by atoms with Crippen LogP contribution in [0.15, 0.2) is 4.99 Å². The van der Waals surface area contributed by atoms with Crippen molar-refractivity contribution in [3.63, 3.8) is 0 Å². The highest BCUT2D eigenvalue weighted by atomic mass is 127. The molecule has 1 aliphatic rings. The first-order valence-corrected chi connectivity index (χ1v) is 8.23. The lowest BCUT2D eigenvalue weighted by Crippen LogP contribution is -2.41. The van der Waals surface area contributed by atoms with Crippen molar-refractivity contribution in [3.05, 3.63) is 0 Å². The summed E-state index contributed by atoms with van der Waals surface area (Å²) in [6.07, 6.45) is 4.47. The SMILES string of the molecule is CCNC(=NCCCSC)N(C)CC1CCOC1.I. The molecule has 1 rings (SSSR count). The topological polar surface area (TPSA) is 36.9 Å². The standard InChI is InChI=1S/C13H27N3OS.HI/c1-4-14-13(15-7-5-9-18-3)16(2)10-12-6-8-17-11-12;/h12H,4-11H2,1-3H3,(H,14,15);1H. The first-order valence-electron chi connectivity index (χ1n) is 6.84. The summed E-state index contributed by atoms with van der Waals surface area (Å²) in [5.74, 6) is 2.87. The van der Waals surface area contributed by atoms with Crippen LogP contribution in [0.1, 0.15) is 19.8 Å². The number of rotatable bonds is 7. The van der Waals surface area contributed by atoms with Crippen molar-refractivity contribution in [2.45, 2.75) is 19.8 Å². The molecule has 0 aromatic heterocycles. The van der Waals surface area contributed by atoms with Crippen LogP contribution in [0, 0.1) is 5.92 Å². The largest absolute Gasteiger partial charge is 0.381 e. The number of nitrogens with one attached hydrogen (secondary N) is 1. The number of hydrogen-bond acceptors (Lipinski definition) is 3. The van der Waals surface area contributed by atoms with Crippen LogP contribution in [-0.2, 0) is 4.74 Å². The molecule has 19 heavy (non-hydrogen) atoms. The fourth-order valence-electron chi connectivity index (χ4n) is 2.06. The summed E-state index contributed by atoms with van der Waals surface area (Å²) in [6, 6.07) is 0. The third kappa shape index (κ3) is 8.24. The van der Waals surface area contributed by atoms with Crippen LogP contribution in [0.3, 0.4) is 0 Å². The Balaban J connectivity index is 0.00000324. The third-order valence-corrected chi connectivity index (χ3v) is 3.72. The normalized spacial score (nSPS) is 19.1. The van der Waals surface area contributed by atoms with Gasteiger partial charge in [0.05, 0.1) is 6.61 Å². The van der Waals surface area contributed by atoms with Gasteiger partial charge in [-0.3, -0.25) is 4.99 Å². The molecular weight excluding hydrogens is 373 g/mol. The fourth-order valence-corrected chi connectivity index (χ4v) is 2.48. The first kappa shape index (κ1) is 19.3. The minimum Gasteiger partial charge on any atom is -0.381 e. The van der Waals surface area contributed by atoms with Gasteiger partial charge in [-0.25, -0.2) is 0 Å². The van der Waals surface area contributed by atoms with Crippen molar-refractivity contribution in [2.75, 3.05) is 51.9 Å². The van der Waals surface area contributed by atoms with Crippen LogP contribution in [0.5, 0.6) is 0 Å². The Morgan fingerprint density at radius 2 is 2.32 bits per heavy atom. The third-order valence-electron chi connectivity index (χ3n) is 3.02. The van der Waals surface area contributed by atoms with E-state index in [1.165, 1.54) is 12.2 Å². The van der Waals surface area contributed by atoms with Crippen LogP contribution < -0.4 is 5.32 Å². The smallest absolute Gasteiger partial charge is 0.193 e. The zero-order chi connectivity index (χ0) is 13.2. The van der Waals surface area contributed by atoms with Crippen molar-refractivity contribution in [2.24, 2.45) is 10.9 Å². The summed E-state index contributed by atoms with van der Waals surface area (Å²) in [5, 5.41) is 3.36. The van der Waals surface area contributed by atoms with E-state index in [1.807, 2.05) is 11.8 Å². The van der Waals surface area contributed by atoms with Crippen molar-refractivity contribution in [3.8, 4) is 0 Å². The van der Waals surface area contributed by atoms with E-state index < -0.39 is 0 Å². The summed E-state index contributed by atoms with van der Waals surface area (Å²) in [5.41, 5.74) is 0. The number of guanidine groups is 1. The van der Waals surface area contributed by atoms with Gasteiger partial charge in [0.2, 0.25) is 0 Å². The Bertz CT molecular complexity index is 248. The molecule has 0 spiro atoms. The maximum Gasteiger partial charge on any atom is 0.193 e. The number of thioether (sulfide) groups is 1. The molecule has 0 radical (unpaired) electrons. The molecule has 0 amide bonds. The van der Waals surface area contributed by atoms with Gasteiger partial charge in [0.1, 0.15) is 0 Å². The molecule has 1 unspecified atom stereocenters. The summed E-state index contributed by atoms with van der Waals surface area (Å²) in [6.45, 7) is 6.80. The van der Waals surface area contributed by atoms with E-state index in [-0.39, 0.29) is 24.0 Å². The average molecular weight is 401 g/mol. The quantitative estimate of drug-likeness (QED) is 0.308. The van der Waals surface area contributed by atoms with E-state index in [2.05, 4.69) is 35.4 Å². The van der Waals surface area contributed by atoms with Gasteiger partial charge < -0.3 is 15.0 Å². The lowest BCUT2D eigenvalue weighted by molar-refractivity contribution is 0.181. The van der Waals surface area contributed by atoms with E-state index in [0.29, 0.717) is 5.92 Å². The molecule has 0 bridgehead atoms. The Hall–Kier alpha value is 0.310. The zero-order valence-corrected chi connectivity index (χ0v) is 15.5. The van der Waals surface area contributed by atoms with E-state index in [1.54, 1.807) is 0 Å². The number of ether oxygens (including phenoxy) is 1. The fraction of sp³-hybridized carbons (Fsp3) is 0.923. The molecule has 1 fully saturated rings. The van der Waals surface area contributed by atoms with Crippen LogP contribution in [0.25, 0.3) is 0 Å². The molecule has 4 nitrogen and oxygen atoms in total. The van der Waals surface area contributed by atoms with Gasteiger partial charge in [-0.1, -0.05) is 0 Å². The minimum atomic E-state index is 0. The van der Waals surface area contributed by atoms with E-state index in [0.717, 1.165) is 45.2 Å². The van der Waals surface area contributed by atoms with Crippen LogP contribution in [0.2, 0.25) is 0 Å². The van der Waals surface area contributed by atoms with Crippen LogP contribution in [-0.4, -0.2) is 62.8 Å². The molecule has 114 valence electrons. The molecule has 1 saturated heterocycles. The predicted octanol–water partition coefficient (Wildman–Crippen LogP) is 2.29. The van der Waals surface area contributed by atoms with Crippen molar-refractivity contribution < 1.29 is 4.74 Å². The zero-order valence-electron chi connectivity index (χ0n) is 12.4. The summed E-state index contributed by atoms with van der Waals surface area (Å²) in [4.78, 5) is 6.91. The summed E-state index contributed by atoms with van der Waals surface area (Å²) >= 11 is 1.88. The maximum atomic E-state index is 5.42. The molecule has 1 heterocycles. The van der Waals surface area contributed by atoms with Gasteiger partial charge in [0, 0.05) is 39.2 Å². The van der Waals surface area contributed by atoms with Gasteiger partial charge in [0.15, 0.2) is 5.96 Å². The molecule has 6 heteroatoms. The van der Waals surface area contributed by atoms with Gasteiger partial charge in [-0.2, -0.15) is 11.8 Å². The average Bonchev–Trinajstić information content (AvgIpc) is 2.86. The molecule has 1 N–H and O–H groups in total. The van der Waals surface area contributed by atoms with E-state index >= 15 is 0 Å². The van der Waals surface area contributed by atoms with Gasteiger partial charge in [0.25, 0.3) is 0 Å². The molecule has 0 aromatic carbocycles. The molecular formula is C13H28IN3OS. The second kappa shape index (κ2) is 12.1. The van der Waals surface area contributed by atoms with Gasteiger partial charge in [-0.05, 0) is 31.8 Å². The highest BCUT2D eigenvalue weighted by Crippen LogP contribution is 2.13. The Kier molecular flexibility index (Phi) is 12.3. The molecule has 0 aromatic rings. The molecule has 0 saturated carbocycles. The lowest BCUT2D eigenvalue weighted by atomic mass is 10.1. The predicted molar refractivity (Wildman–Crippen MR) is 95.9 cm³/mol. The molecule has 0 aliphatic carbocycles. The monoisotopic (exact) mass is 401 g/mol. The number of nitrogens with zero attached hydrogens (tertiary/aromatic N) is 2. The van der Waals surface area contributed by atoms with E-state index in [4.69, 9.17) is 4.74 Å². The van der Waals surface area contributed by atoms with Crippen molar-refractivity contribution in [1.29, 1.82) is 0 Å². The molecule has 1 atom stereocenters. The van der Waals surface area contributed by atoms with Crippen molar-refractivity contribution in [1.82, 2.24) is 10.2 Å². The molecule has 1 aliphatic heterocycles. The highest BCUT2D eigenvalue weighted by Gasteiger charge is 2.18. The lowest BCUT2D eigenvalue weighted by Gasteiger charge is -2.24. The Labute approximate surface area is 139 Å². The van der Waals surface area contributed by atoms with Gasteiger partial charge in [-0.15, -0.1) is 24.0 Å². The number of aliphatic imine (C=N–C) groups is 1.